The lowest BCUT2D eigenvalue weighted by Crippen LogP contribution is -2.15. The third kappa shape index (κ3) is 4.46. The van der Waals surface area contributed by atoms with Gasteiger partial charge in [-0.05, 0) is 49.4 Å². The van der Waals surface area contributed by atoms with Crippen molar-refractivity contribution in [3.8, 4) is 0 Å². The first kappa shape index (κ1) is 21.4. The summed E-state index contributed by atoms with van der Waals surface area (Å²) in [6.07, 6.45) is 7.30. The fourth-order valence-electron chi connectivity index (χ4n) is 3.99. The van der Waals surface area contributed by atoms with Crippen LogP contribution in [0.4, 0.5) is 20.2 Å². The number of alkyl halides is 2. The molecule has 3 aromatic rings. The number of amides is 1. The van der Waals surface area contributed by atoms with E-state index in [1.54, 1.807) is 6.07 Å². The number of aromatic nitrogens is 1. The van der Waals surface area contributed by atoms with Crippen molar-refractivity contribution in [1.82, 2.24) is 4.98 Å². The van der Waals surface area contributed by atoms with Crippen molar-refractivity contribution in [1.29, 1.82) is 0 Å². The Hall–Kier alpha value is -2.80. The standard InChI is InChI=1S/C24H25F2N3OS/c1-2-12-24(25,26)16-9-7-10-17(14-16)28-22(30)21-20(27)18-13-15-8-5-3-4-6-11-19(15)29-23(18)31-21/h2,7,9-10,13-14H,1,3-6,8,11-12,27H2,(H,28,30). The molecule has 2 aromatic heterocycles. The number of hydrogen-bond acceptors (Lipinski definition) is 4. The number of pyridine rings is 1. The molecule has 1 amide bonds. The van der Waals surface area contributed by atoms with E-state index in [0.717, 1.165) is 41.6 Å². The number of carbonyl (C=O) groups is 1. The zero-order valence-corrected chi connectivity index (χ0v) is 18.0. The molecule has 0 spiro atoms. The van der Waals surface area contributed by atoms with Crippen molar-refractivity contribution >= 4 is 38.8 Å². The van der Waals surface area contributed by atoms with Gasteiger partial charge in [-0.1, -0.05) is 31.1 Å². The fraction of sp³-hybridized carbons (Fsp3) is 0.333. The second-order valence-electron chi connectivity index (χ2n) is 7.94. The van der Waals surface area contributed by atoms with Gasteiger partial charge in [0, 0.05) is 28.8 Å². The summed E-state index contributed by atoms with van der Waals surface area (Å²) in [5, 5.41) is 3.50. The predicted molar refractivity (Wildman–Crippen MR) is 123 cm³/mol. The van der Waals surface area contributed by atoms with E-state index < -0.39 is 18.3 Å². The fourth-order valence-corrected chi connectivity index (χ4v) is 4.98. The van der Waals surface area contributed by atoms with Gasteiger partial charge < -0.3 is 11.1 Å². The van der Waals surface area contributed by atoms with Crippen LogP contribution in [0.1, 0.15) is 58.6 Å². The number of carbonyl (C=O) groups excluding carboxylic acids is 1. The summed E-state index contributed by atoms with van der Waals surface area (Å²) >= 11 is 1.24. The molecule has 1 aromatic carbocycles. The Kier molecular flexibility index (Phi) is 6.05. The van der Waals surface area contributed by atoms with Crippen molar-refractivity contribution in [3.05, 3.63) is 64.7 Å². The van der Waals surface area contributed by atoms with E-state index in [0.29, 0.717) is 16.3 Å². The van der Waals surface area contributed by atoms with E-state index >= 15 is 0 Å². The van der Waals surface area contributed by atoms with E-state index in [1.807, 2.05) is 0 Å². The van der Waals surface area contributed by atoms with Crippen LogP contribution in [0.25, 0.3) is 10.2 Å². The van der Waals surface area contributed by atoms with Crippen LogP contribution in [-0.2, 0) is 18.8 Å². The van der Waals surface area contributed by atoms with Crippen molar-refractivity contribution in [2.75, 3.05) is 11.1 Å². The van der Waals surface area contributed by atoms with Crippen molar-refractivity contribution in [3.63, 3.8) is 0 Å². The molecule has 4 rings (SSSR count). The molecule has 0 bridgehead atoms. The second-order valence-corrected chi connectivity index (χ2v) is 8.94. The third-order valence-corrected chi connectivity index (χ3v) is 6.76. The van der Waals surface area contributed by atoms with E-state index in [4.69, 9.17) is 10.7 Å². The van der Waals surface area contributed by atoms with Gasteiger partial charge in [-0.3, -0.25) is 4.79 Å². The minimum Gasteiger partial charge on any atom is -0.397 e. The maximum atomic E-state index is 14.2. The number of thiophene rings is 1. The van der Waals surface area contributed by atoms with Crippen molar-refractivity contribution < 1.29 is 13.6 Å². The number of fused-ring (bicyclic) bond motifs is 2. The third-order valence-electron chi connectivity index (χ3n) is 5.65. The number of halogens is 2. The average molecular weight is 442 g/mol. The first-order valence-corrected chi connectivity index (χ1v) is 11.3. The van der Waals surface area contributed by atoms with Crippen molar-refractivity contribution in [2.45, 2.75) is 50.9 Å². The number of benzene rings is 1. The zero-order chi connectivity index (χ0) is 22.0. The van der Waals surface area contributed by atoms with Crippen LogP contribution in [0.3, 0.4) is 0 Å². The van der Waals surface area contributed by atoms with Gasteiger partial charge in [0.1, 0.15) is 9.71 Å². The highest BCUT2D eigenvalue weighted by molar-refractivity contribution is 7.21. The molecule has 1 aliphatic rings. The second kappa shape index (κ2) is 8.75. The quantitative estimate of drug-likeness (QED) is 0.447. The number of rotatable bonds is 5. The maximum Gasteiger partial charge on any atom is 0.276 e. The van der Waals surface area contributed by atoms with Gasteiger partial charge >= 0.3 is 0 Å². The van der Waals surface area contributed by atoms with Gasteiger partial charge in [0.05, 0.1) is 5.69 Å². The summed E-state index contributed by atoms with van der Waals surface area (Å²) in [7, 11) is 0. The topological polar surface area (TPSA) is 68.0 Å². The molecule has 31 heavy (non-hydrogen) atoms. The molecule has 4 nitrogen and oxygen atoms in total. The first-order valence-electron chi connectivity index (χ1n) is 10.5. The smallest absolute Gasteiger partial charge is 0.276 e. The van der Waals surface area contributed by atoms with Crippen LogP contribution in [0.5, 0.6) is 0 Å². The molecule has 0 aliphatic heterocycles. The van der Waals surface area contributed by atoms with Crippen LogP contribution in [0, 0.1) is 0 Å². The van der Waals surface area contributed by atoms with Crippen molar-refractivity contribution in [2.24, 2.45) is 0 Å². The number of nitrogen functional groups attached to an aromatic ring is 1. The summed E-state index contributed by atoms with van der Waals surface area (Å²) in [5.74, 6) is -3.46. The van der Waals surface area contributed by atoms with E-state index in [-0.39, 0.29) is 5.56 Å². The number of aryl methyl sites for hydroxylation is 2. The minimum atomic E-state index is -3.04. The number of nitrogens with one attached hydrogen (secondary N) is 1. The lowest BCUT2D eigenvalue weighted by molar-refractivity contribution is -0.000813. The molecule has 162 valence electrons. The van der Waals surface area contributed by atoms with Gasteiger partial charge in [0.15, 0.2) is 0 Å². The molecule has 0 atom stereocenters. The zero-order valence-electron chi connectivity index (χ0n) is 17.2. The highest BCUT2D eigenvalue weighted by atomic mass is 32.1. The number of nitrogens with two attached hydrogens (primary N) is 1. The molecule has 0 saturated heterocycles. The summed E-state index contributed by atoms with van der Waals surface area (Å²) in [6.45, 7) is 3.38. The predicted octanol–water partition coefficient (Wildman–Crippen LogP) is 6.46. The largest absolute Gasteiger partial charge is 0.397 e. The monoisotopic (exact) mass is 441 g/mol. The summed E-state index contributed by atoms with van der Waals surface area (Å²) in [6, 6.07) is 7.78. The number of hydrogen-bond donors (Lipinski definition) is 2. The molecular formula is C24H25F2N3OS. The first-order chi connectivity index (χ1) is 14.9. The maximum absolute atomic E-state index is 14.2. The van der Waals surface area contributed by atoms with E-state index in [1.165, 1.54) is 54.0 Å². The highest BCUT2D eigenvalue weighted by Crippen LogP contribution is 2.36. The van der Waals surface area contributed by atoms with Crippen LogP contribution < -0.4 is 11.1 Å². The highest BCUT2D eigenvalue weighted by Gasteiger charge is 2.30. The normalized spacial score (nSPS) is 14.5. The molecule has 7 heteroatoms. The lowest BCUT2D eigenvalue weighted by Gasteiger charge is -2.15. The number of anilines is 2. The Labute approximate surface area is 184 Å². The number of allylic oxidation sites excluding steroid dienone is 1. The summed E-state index contributed by atoms with van der Waals surface area (Å²) in [4.78, 5) is 18.8. The van der Waals surface area contributed by atoms with E-state index in [9.17, 15) is 13.6 Å². The van der Waals surface area contributed by atoms with Crippen LogP contribution in [-0.4, -0.2) is 10.9 Å². The SMILES string of the molecule is C=CCC(F)(F)c1cccc(NC(=O)c2sc3nc4c(cc3c2N)CCCCCC4)c1. The molecule has 0 radical (unpaired) electrons. The molecule has 0 fully saturated rings. The molecule has 1 aliphatic carbocycles. The van der Waals surface area contributed by atoms with Gasteiger partial charge in [-0.15, -0.1) is 17.9 Å². The van der Waals surface area contributed by atoms with Gasteiger partial charge in [0.2, 0.25) is 0 Å². The van der Waals surface area contributed by atoms with Gasteiger partial charge in [-0.25, -0.2) is 13.8 Å². The Morgan fingerprint density at radius 2 is 2.00 bits per heavy atom. The van der Waals surface area contributed by atoms with Crippen LogP contribution in [0.15, 0.2) is 43.0 Å². The van der Waals surface area contributed by atoms with Crippen LogP contribution >= 0.6 is 11.3 Å². The average Bonchev–Trinajstić information content (AvgIpc) is 3.04. The summed E-state index contributed by atoms with van der Waals surface area (Å²) in [5.41, 5.74) is 9.13. The minimum absolute atomic E-state index is 0.170. The Balaban J connectivity index is 1.62. The summed E-state index contributed by atoms with van der Waals surface area (Å²) < 4.78 is 28.4. The molecule has 2 heterocycles. The molecule has 3 N–H and O–H groups in total. The Morgan fingerprint density at radius 1 is 1.23 bits per heavy atom. The molecular weight excluding hydrogens is 416 g/mol. The molecule has 0 unspecified atom stereocenters. The molecule has 0 saturated carbocycles. The van der Waals surface area contributed by atoms with Gasteiger partial charge in [-0.2, -0.15) is 0 Å². The Morgan fingerprint density at radius 3 is 2.77 bits per heavy atom. The number of nitrogens with zero attached hydrogens (tertiary/aromatic N) is 1. The van der Waals surface area contributed by atoms with Gasteiger partial charge in [0.25, 0.3) is 11.8 Å². The Bertz CT molecular complexity index is 1140. The lowest BCUT2D eigenvalue weighted by atomic mass is 9.96. The van der Waals surface area contributed by atoms with Crippen LogP contribution in [0.2, 0.25) is 0 Å². The van der Waals surface area contributed by atoms with E-state index in [2.05, 4.69) is 18.0 Å².